The van der Waals surface area contributed by atoms with Crippen LogP contribution in [0.4, 0.5) is 0 Å². The third-order valence-corrected chi connectivity index (χ3v) is 4.88. The maximum atomic E-state index is 13.1. The molecule has 0 unspecified atom stereocenters. The molecule has 1 aliphatic carbocycles. The Balaban J connectivity index is 1.92. The van der Waals surface area contributed by atoms with E-state index in [1.807, 2.05) is 13.8 Å². The molecule has 1 spiro atoms. The fourth-order valence-electron chi connectivity index (χ4n) is 3.91. The Hall–Kier alpha value is -1.82. The van der Waals surface area contributed by atoms with Crippen LogP contribution in [0.2, 0.25) is 0 Å². The van der Waals surface area contributed by atoms with E-state index in [4.69, 9.17) is 9.15 Å². The van der Waals surface area contributed by atoms with Crippen LogP contribution in [0, 0.1) is 5.92 Å². The molecule has 1 aliphatic heterocycles. The predicted molar refractivity (Wildman–Crippen MR) is 88.3 cm³/mol. The summed E-state index contributed by atoms with van der Waals surface area (Å²) < 4.78 is 11.4. The van der Waals surface area contributed by atoms with E-state index in [-0.39, 0.29) is 30.2 Å². The molecule has 2 aliphatic rings. The van der Waals surface area contributed by atoms with E-state index in [1.165, 1.54) is 6.26 Å². The van der Waals surface area contributed by atoms with Gasteiger partial charge in [0.25, 0.3) is 5.91 Å². The Kier molecular flexibility index (Phi) is 4.67. The molecule has 24 heavy (non-hydrogen) atoms. The fraction of sp³-hybridized carbons (Fsp3) is 0.667. The third kappa shape index (κ3) is 3.07. The van der Waals surface area contributed by atoms with Crippen molar-refractivity contribution in [2.75, 3.05) is 6.61 Å². The average Bonchev–Trinajstić information content (AvgIpc) is 3.14. The lowest BCUT2D eigenvalue weighted by Crippen LogP contribution is -2.57. The van der Waals surface area contributed by atoms with E-state index >= 15 is 0 Å². The molecule has 1 aromatic rings. The quantitative estimate of drug-likeness (QED) is 0.922. The largest absolute Gasteiger partial charge is 0.459 e. The van der Waals surface area contributed by atoms with Crippen molar-refractivity contribution in [2.24, 2.45) is 5.92 Å². The first-order valence-corrected chi connectivity index (χ1v) is 8.74. The standard InChI is InChI=1S/C18H26N2O4/c1-12(2)19-16(21)14-11-24-18(8-4-6-13(3)10-18)20(14)17(22)15-7-5-9-23-15/h5,7,9,12-14H,4,6,8,10-11H2,1-3H3,(H,19,21)/t13-,14-,18-/m0/s1. The van der Waals surface area contributed by atoms with Crippen molar-refractivity contribution in [3.05, 3.63) is 24.2 Å². The Labute approximate surface area is 142 Å². The number of rotatable bonds is 3. The van der Waals surface area contributed by atoms with Crippen LogP contribution in [0.3, 0.4) is 0 Å². The van der Waals surface area contributed by atoms with Crippen molar-refractivity contribution in [1.82, 2.24) is 10.2 Å². The topological polar surface area (TPSA) is 71.8 Å². The summed E-state index contributed by atoms with van der Waals surface area (Å²) in [5.74, 6) is 0.272. The molecule has 0 bridgehead atoms. The number of hydrogen-bond acceptors (Lipinski definition) is 4. The minimum absolute atomic E-state index is 0.0138. The number of hydrogen-bond donors (Lipinski definition) is 1. The Morgan fingerprint density at radius 3 is 2.83 bits per heavy atom. The van der Waals surface area contributed by atoms with Gasteiger partial charge in [0.15, 0.2) is 5.76 Å². The van der Waals surface area contributed by atoms with Crippen LogP contribution >= 0.6 is 0 Å². The molecule has 3 atom stereocenters. The summed E-state index contributed by atoms with van der Waals surface area (Å²) in [7, 11) is 0. The number of nitrogens with one attached hydrogen (secondary N) is 1. The van der Waals surface area contributed by atoms with Crippen molar-refractivity contribution in [3.8, 4) is 0 Å². The summed E-state index contributed by atoms with van der Waals surface area (Å²) in [5.41, 5.74) is -0.694. The molecule has 2 fully saturated rings. The van der Waals surface area contributed by atoms with Gasteiger partial charge in [-0.2, -0.15) is 0 Å². The van der Waals surface area contributed by atoms with Gasteiger partial charge in [-0.3, -0.25) is 14.5 Å². The van der Waals surface area contributed by atoms with Crippen molar-refractivity contribution in [1.29, 1.82) is 0 Å². The average molecular weight is 334 g/mol. The van der Waals surface area contributed by atoms with Crippen molar-refractivity contribution >= 4 is 11.8 Å². The van der Waals surface area contributed by atoms with Gasteiger partial charge in [-0.25, -0.2) is 0 Å². The molecule has 1 saturated carbocycles. The Bertz CT molecular complexity index is 598. The Morgan fingerprint density at radius 2 is 2.21 bits per heavy atom. The Morgan fingerprint density at radius 1 is 1.42 bits per heavy atom. The van der Waals surface area contributed by atoms with Gasteiger partial charge in [0, 0.05) is 6.04 Å². The minimum atomic E-state index is -0.694. The summed E-state index contributed by atoms with van der Waals surface area (Å²) >= 11 is 0. The smallest absolute Gasteiger partial charge is 0.292 e. The van der Waals surface area contributed by atoms with Crippen LogP contribution < -0.4 is 5.32 Å². The van der Waals surface area contributed by atoms with Gasteiger partial charge in [-0.15, -0.1) is 0 Å². The summed E-state index contributed by atoms with van der Waals surface area (Å²) in [6.07, 6.45) is 5.10. The summed E-state index contributed by atoms with van der Waals surface area (Å²) in [5, 5.41) is 2.90. The molecule has 2 heterocycles. The monoisotopic (exact) mass is 334 g/mol. The zero-order valence-corrected chi connectivity index (χ0v) is 14.6. The molecule has 1 aromatic heterocycles. The van der Waals surface area contributed by atoms with Crippen LogP contribution in [0.15, 0.2) is 22.8 Å². The van der Waals surface area contributed by atoms with Crippen LogP contribution in [0.1, 0.15) is 57.0 Å². The van der Waals surface area contributed by atoms with Gasteiger partial charge in [0.05, 0.1) is 12.9 Å². The molecule has 3 rings (SSSR count). The van der Waals surface area contributed by atoms with E-state index in [0.717, 1.165) is 25.7 Å². The lowest BCUT2D eigenvalue weighted by atomic mass is 9.83. The SMILES string of the molecule is CC(C)NC(=O)[C@@H]1CO[C@]2(CCC[C@H](C)C2)N1C(=O)c1ccco1. The van der Waals surface area contributed by atoms with E-state index < -0.39 is 11.8 Å². The molecule has 132 valence electrons. The first kappa shape index (κ1) is 17.0. The van der Waals surface area contributed by atoms with Crippen LogP contribution in [0.5, 0.6) is 0 Å². The first-order chi connectivity index (χ1) is 11.4. The maximum absolute atomic E-state index is 13.1. The third-order valence-electron chi connectivity index (χ3n) is 4.88. The summed E-state index contributed by atoms with van der Waals surface area (Å²) in [6.45, 7) is 6.22. The number of carbonyl (C=O) groups excluding carboxylic acids is 2. The molecule has 0 aromatic carbocycles. The van der Waals surface area contributed by atoms with Gasteiger partial charge in [0.2, 0.25) is 5.91 Å². The van der Waals surface area contributed by atoms with Gasteiger partial charge < -0.3 is 14.5 Å². The predicted octanol–water partition coefficient (Wildman–Crippen LogP) is 2.55. The van der Waals surface area contributed by atoms with E-state index in [1.54, 1.807) is 17.0 Å². The molecule has 1 N–H and O–H groups in total. The highest BCUT2D eigenvalue weighted by Crippen LogP contribution is 2.43. The second kappa shape index (κ2) is 6.59. The van der Waals surface area contributed by atoms with Gasteiger partial charge in [0.1, 0.15) is 11.8 Å². The lowest BCUT2D eigenvalue weighted by Gasteiger charge is -2.43. The second-order valence-corrected chi connectivity index (χ2v) is 7.29. The lowest BCUT2D eigenvalue weighted by molar-refractivity contribution is -0.129. The molecule has 2 amide bonds. The molecule has 0 radical (unpaired) electrons. The zero-order valence-electron chi connectivity index (χ0n) is 14.6. The number of furan rings is 1. The first-order valence-electron chi connectivity index (χ1n) is 8.74. The van der Waals surface area contributed by atoms with Crippen molar-refractivity contribution in [3.63, 3.8) is 0 Å². The van der Waals surface area contributed by atoms with Crippen molar-refractivity contribution < 1.29 is 18.7 Å². The number of ether oxygens (including phenoxy) is 1. The minimum Gasteiger partial charge on any atom is -0.459 e. The highest BCUT2D eigenvalue weighted by Gasteiger charge is 2.54. The zero-order chi connectivity index (χ0) is 17.3. The number of nitrogens with zero attached hydrogens (tertiary/aromatic N) is 1. The molecule has 6 heteroatoms. The van der Waals surface area contributed by atoms with Crippen LogP contribution in [-0.2, 0) is 9.53 Å². The highest BCUT2D eigenvalue weighted by molar-refractivity contribution is 5.96. The van der Waals surface area contributed by atoms with Gasteiger partial charge in [-0.05, 0) is 51.2 Å². The summed E-state index contributed by atoms with van der Waals surface area (Å²) in [4.78, 5) is 27.3. The fourth-order valence-corrected chi connectivity index (χ4v) is 3.91. The van der Waals surface area contributed by atoms with Gasteiger partial charge >= 0.3 is 0 Å². The van der Waals surface area contributed by atoms with Crippen molar-refractivity contribution in [2.45, 2.75) is 64.3 Å². The summed E-state index contributed by atoms with van der Waals surface area (Å²) in [6, 6.07) is 2.72. The van der Waals surface area contributed by atoms with E-state index in [2.05, 4.69) is 12.2 Å². The van der Waals surface area contributed by atoms with Gasteiger partial charge in [-0.1, -0.05) is 13.3 Å². The molecular weight excluding hydrogens is 308 g/mol. The van der Waals surface area contributed by atoms with E-state index in [9.17, 15) is 9.59 Å². The second-order valence-electron chi connectivity index (χ2n) is 7.29. The van der Waals surface area contributed by atoms with E-state index in [0.29, 0.717) is 5.92 Å². The number of amides is 2. The molecule has 1 saturated heterocycles. The molecule has 6 nitrogen and oxygen atoms in total. The van der Waals surface area contributed by atoms with Crippen LogP contribution in [0.25, 0.3) is 0 Å². The highest BCUT2D eigenvalue weighted by atomic mass is 16.5. The normalized spacial score (nSPS) is 30.1. The maximum Gasteiger partial charge on any atom is 0.292 e. The number of carbonyl (C=O) groups is 2. The molecular formula is C18H26N2O4. The van der Waals surface area contributed by atoms with Crippen LogP contribution in [-0.4, -0.2) is 41.1 Å².